The molecule has 0 radical (unpaired) electrons. The molecule has 0 saturated heterocycles. The Morgan fingerprint density at radius 1 is 1.08 bits per heavy atom. The van der Waals surface area contributed by atoms with E-state index in [0.717, 1.165) is 5.75 Å². The molecule has 0 unspecified atom stereocenters. The van der Waals surface area contributed by atoms with Gasteiger partial charge in [-0.3, -0.25) is 4.98 Å². The van der Waals surface area contributed by atoms with Gasteiger partial charge in [0.2, 0.25) is 0 Å². The van der Waals surface area contributed by atoms with Crippen LogP contribution in [0.1, 0.15) is 16.2 Å². The molecule has 7 nitrogen and oxygen atoms in total. The molecule has 0 aliphatic heterocycles. The molecule has 0 amide bonds. The number of nitrogens with zero attached hydrogens (tertiary/aromatic N) is 3. The molecule has 1 N–H and O–H groups in total. The lowest BCUT2D eigenvalue weighted by Gasteiger charge is -2.09. The summed E-state index contributed by atoms with van der Waals surface area (Å²) in [4.78, 5) is 23.8. The van der Waals surface area contributed by atoms with Crippen molar-refractivity contribution in [1.29, 1.82) is 0 Å². The van der Waals surface area contributed by atoms with Gasteiger partial charge in [-0.1, -0.05) is 0 Å². The fourth-order valence-electron chi connectivity index (χ4n) is 2.19. The van der Waals surface area contributed by atoms with E-state index in [0.29, 0.717) is 22.8 Å². The van der Waals surface area contributed by atoms with Gasteiger partial charge in [-0.05, 0) is 36.4 Å². The van der Waals surface area contributed by atoms with Gasteiger partial charge in [0.05, 0.1) is 12.8 Å². The van der Waals surface area contributed by atoms with Crippen molar-refractivity contribution in [3.63, 3.8) is 0 Å². The molecule has 0 fully saturated rings. The van der Waals surface area contributed by atoms with Crippen LogP contribution in [0.15, 0.2) is 55.0 Å². The predicted molar refractivity (Wildman–Crippen MR) is 89.5 cm³/mol. The van der Waals surface area contributed by atoms with E-state index in [1.165, 1.54) is 6.20 Å². The topological polar surface area (TPSA) is 94.4 Å². The summed E-state index contributed by atoms with van der Waals surface area (Å²) < 4.78 is 10.7. The van der Waals surface area contributed by atoms with Crippen molar-refractivity contribution in [2.24, 2.45) is 0 Å². The largest absolute Gasteiger partial charge is 0.497 e. The highest BCUT2D eigenvalue weighted by Gasteiger charge is 2.15. The SMILES string of the molecule is COc1ccc(OCc2ncc(C(=O)O)c(-c3ccncc3)n2)cc1. The van der Waals surface area contributed by atoms with Gasteiger partial charge < -0.3 is 14.6 Å². The molecule has 3 rings (SSSR count). The Kier molecular flexibility index (Phi) is 4.84. The van der Waals surface area contributed by atoms with Gasteiger partial charge in [-0.15, -0.1) is 0 Å². The van der Waals surface area contributed by atoms with E-state index in [1.807, 2.05) is 0 Å². The predicted octanol–water partition coefficient (Wildman–Crippen LogP) is 2.82. The van der Waals surface area contributed by atoms with Crippen LogP contribution in [-0.4, -0.2) is 33.1 Å². The molecule has 25 heavy (non-hydrogen) atoms. The lowest BCUT2D eigenvalue weighted by Crippen LogP contribution is -2.08. The Balaban J connectivity index is 1.83. The van der Waals surface area contributed by atoms with Crippen LogP contribution in [0.3, 0.4) is 0 Å². The van der Waals surface area contributed by atoms with Crippen molar-refractivity contribution in [2.45, 2.75) is 6.61 Å². The second kappa shape index (κ2) is 7.39. The molecule has 0 bridgehead atoms. The number of methoxy groups -OCH3 is 1. The highest BCUT2D eigenvalue weighted by molar-refractivity contribution is 5.94. The van der Waals surface area contributed by atoms with Crippen molar-refractivity contribution < 1.29 is 19.4 Å². The zero-order valence-corrected chi connectivity index (χ0v) is 13.4. The maximum atomic E-state index is 11.4. The smallest absolute Gasteiger partial charge is 0.339 e. The second-order valence-corrected chi connectivity index (χ2v) is 5.05. The third kappa shape index (κ3) is 3.89. The van der Waals surface area contributed by atoms with Crippen LogP contribution >= 0.6 is 0 Å². The van der Waals surface area contributed by atoms with E-state index >= 15 is 0 Å². The number of rotatable bonds is 6. The van der Waals surface area contributed by atoms with Gasteiger partial charge in [0, 0.05) is 24.2 Å². The van der Waals surface area contributed by atoms with E-state index < -0.39 is 5.97 Å². The van der Waals surface area contributed by atoms with Crippen LogP contribution in [0.2, 0.25) is 0 Å². The zero-order chi connectivity index (χ0) is 17.6. The van der Waals surface area contributed by atoms with E-state index in [2.05, 4.69) is 15.0 Å². The van der Waals surface area contributed by atoms with E-state index in [4.69, 9.17) is 9.47 Å². The molecular formula is C18H15N3O4. The minimum atomic E-state index is -1.09. The Bertz CT molecular complexity index is 867. The van der Waals surface area contributed by atoms with Crippen molar-refractivity contribution in [3.8, 4) is 22.8 Å². The molecule has 3 aromatic rings. The van der Waals surface area contributed by atoms with Crippen molar-refractivity contribution in [1.82, 2.24) is 15.0 Å². The van der Waals surface area contributed by atoms with Crippen LogP contribution in [0.5, 0.6) is 11.5 Å². The molecule has 0 aliphatic rings. The second-order valence-electron chi connectivity index (χ2n) is 5.05. The van der Waals surface area contributed by atoms with Gasteiger partial charge in [0.15, 0.2) is 5.82 Å². The molecular weight excluding hydrogens is 322 g/mol. The summed E-state index contributed by atoms with van der Waals surface area (Å²) in [5.74, 6) is 0.661. The number of pyridine rings is 1. The summed E-state index contributed by atoms with van der Waals surface area (Å²) in [6.07, 6.45) is 4.45. The van der Waals surface area contributed by atoms with Crippen LogP contribution in [0, 0.1) is 0 Å². The molecule has 7 heteroatoms. The van der Waals surface area contributed by atoms with Crippen molar-refractivity contribution in [2.75, 3.05) is 7.11 Å². The Hall–Kier alpha value is -3.48. The van der Waals surface area contributed by atoms with Crippen molar-refractivity contribution in [3.05, 3.63) is 66.4 Å². The molecule has 126 valence electrons. The van der Waals surface area contributed by atoms with E-state index in [1.54, 1.807) is 55.9 Å². The molecule has 0 aliphatic carbocycles. The van der Waals surface area contributed by atoms with E-state index in [-0.39, 0.29) is 12.2 Å². The van der Waals surface area contributed by atoms with Crippen LogP contribution in [0.4, 0.5) is 0 Å². The van der Waals surface area contributed by atoms with E-state index in [9.17, 15) is 9.90 Å². The minimum absolute atomic E-state index is 0.0272. The summed E-state index contributed by atoms with van der Waals surface area (Å²) in [7, 11) is 1.59. The quantitative estimate of drug-likeness (QED) is 0.739. The minimum Gasteiger partial charge on any atom is -0.497 e. The third-order valence-electron chi connectivity index (χ3n) is 3.45. The molecule has 0 saturated carbocycles. The molecule has 1 aromatic carbocycles. The standard InChI is InChI=1S/C18H15N3O4/c1-24-13-2-4-14(5-3-13)25-11-16-20-10-15(18(22)23)17(21-16)12-6-8-19-9-7-12/h2-10H,11H2,1H3,(H,22,23). The Morgan fingerprint density at radius 3 is 2.40 bits per heavy atom. The normalized spacial score (nSPS) is 10.3. The molecule has 2 aromatic heterocycles. The summed E-state index contributed by atoms with van der Waals surface area (Å²) in [5, 5.41) is 9.34. The van der Waals surface area contributed by atoms with Gasteiger partial charge in [-0.25, -0.2) is 14.8 Å². The number of benzene rings is 1. The first-order valence-corrected chi connectivity index (χ1v) is 7.44. The van der Waals surface area contributed by atoms with Crippen molar-refractivity contribution >= 4 is 5.97 Å². The van der Waals surface area contributed by atoms with Crippen LogP contribution < -0.4 is 9.47 Å². The lowest BCUT2D eigenvalue weighted by molar-refractivity contribution is 0.0696. The van der Waals surface area contributed by atoms with Gasteiger partial charge >= 0.3 is 5.97 Å². The monoisotopic (exact) mass is 337 g/mol. The highest BCUT2D eigenvalue weighted by Crippen LogP contribution is 2.22. The van der Waals surface area contributed by atoms with Crippen LogP contribution in [0.25, 0.3) is 11.3 Å². The van der Waals surface area contributed by atoms with Gasteiger partial charge in [-0.2, -0.15) is 0 Å². The number of carbonyl (C=O) groups is 1. The Morgan fingerprint density at radius 2 is 1.76 bits per heavy atom. The summed E-state index contributed by atoms with van der Waals surface area (Å²) in [6, 6.07) is 10.5. The Labute approximate surface area is 143 Å². The fourth-order valence-corrected chi connectivity index (χ4v) is 2.19. The first-order chi connectivity index (χ1) is 12.2. The highest BCUT2D eigenvalue weighted by atomic mass is 16.5. The van der Waals surface area contributed by atoms with Crippen LogP contribution in [-0.2, 0) is 6.61 Å². The number of ether oxygens (including phenoxy) is 2. The van der Waals surface area contributed by atoms with Gasteiger partial charge in [0.1, 0.15) is 23.7 Å². The summed E-state index contributed by atoms with van der Waals surface area (Å²) in [5.41, 5.74) is 1.01. The maximum Gasteiger partial charge on any atom is 0.339 e. The third-order valence-corrected chi connectivity index (χ3v) is 3.45. The molecule has 0 atom stereocenters. The number of carboxylic acids is 1. The fraction of sp³-hybridized carbons (Fsp3) is 0.111. The first kappa shape index (κ1) is 16.4. The zero-order valence-electron chi connectivity index (χ0n) is 13.4. The summed E-state index contributed by atoms with van der Waals surface area (Å²) in [6.45, 7) is 0.115. The average Bonchev–Trinajstić information content (AvgIpc) is 2.67. The number of hydrogen-bond donors (Lipinski definition) is 1. The average molecular weight is 337 g/mol. The van der Waals surface area contributed by atoms with Gasteiger partial charge in [0.25, 0.3) is 0 Å². The number of hydrogen-bond acceptors (Lipinski definition) is 6. The molecule has 0 spiro atoms. The molecule has 2 heterocycles. The number of carboxylic acid groups (broad SMARTS) is 1. The first-order valence-electron chi connectivity index (χ1n) is 7.44. The number of aromatic carboxylic acids is 1. The number of aromatic nitrogens is 3. The maximum absolute atomic E-state index is 11.4. The summed E-state index contributed by atoms with van der Waals surface area (Å²) >= 11 is 0. The lowest BCUT2D eigenvalue weighted by atomic mass is 10.1.